The van der Waals surface area contributed by atoms with Gasteiger partial charge in [-0.15, -0.1) is 11.8 Å². The van der Waals surface area contributed by atoms with Gasteiger partial charge in [-0.2, -0.15) is 0 Å². The van der Waals surface area contributed by atoms with Crippen LogP contribution in [0.25, 0.3) is 0 Å². The molecule has 0 amide bonds. The van der Waals surface area contributed by atoms with Crippen molar-refractivity contribution in [2.45, 2.75) is 82.0 Å². The number of aliphatic hydroxyl groups excluding tert-OH is 1. The van der Waals surface area contributed by atoms with Gasteiger partial charge in [0.2, 0.25) is 0 Å². The molecule has 0 radical (unpaired) electrons. The van der Waals surface area contributed by atoms with Crippen LogP contribution in [0.1, 0.15) is 65.7 Å². The zero-order valence-electron chi connectivity index (χ0n) is 18.1. The molecule has 4 fully saturated rings. The van der Waals surface area contributed by atoms with Gasteiger partial charge in [-0.3, -0.25) is 4.79 Å². The predicted molar refractivity (Wildman–Crippen MR) is 119 cm³/mol. The van der Waals surface area contributed by atoms with E-state index in [2.05, 4.69) is 51.1 Å². The predicted octanol–water partition coefficient (Wildman–Crippen LogP) is 5.98. The minimum Gasteiger partial charge on any atom is -0.393 e. The van der Waals surface area contributed by atoms with Crippen molar-refractivity contribution in [3.05, 3.63) is 30.3 Å². The average Bonchev–Trinajstić information content (AvgIpc) is 2.90. The van der Waals surface area contributed by atoms with Crippen molar-refractivity contribution in [1.82, 2.24) is 0 Å². The first-order valence-corrected chi connectivity index (χ1v) is 12.7. The molecular weight excluding hydrogens is 376 g/mol. The first kappa shape index (κ1) is 20.1. The fourth-order valence-corrected chi connectivity index (χ4v) is 9.67. The molecule has 0 spiro atoms. The Morgan fingerprint density at radius 2 is 1.79 bits per heavy atom. The van der Waals surface area contributed by atoms with Crippen LogP contribution in [0.4, 0.5) is 0 Å². The minimum absolute atomic E-state index is 0.0860. The van der Waals surface area contributed by atoms with Gasteiger partial charge in [0.25, 0.3) is 0 Å². The van der Waals surface area contributed by atoms with Crippen LogP contribution in [-0.4, -0.2) is 22.2 Å². The molecule has 2 nitrogen and oxygen atoms in total. The van der Waals surface area contributed by atoms with E-state index in [1.54, 1.807) is 0 Å². The van der Waals surface area contributed by atoms with Crippen LogP contribution < -0.4 is 0 Å². The van der Waals surface area contributed by atoms with E-state index >= 15 is 0 Å². The summed E-state index contributed by atoms with van der Waals surface area (Å²) in [5.41, 5.74) is 0.237. The van der Waals surface area contributed by atoms with E-state index in [9.17, 15) is 9.90 Å². The quantitative estimate of drug-likeness (QED) is 0.649. The summed E-state index contributed by atoms with van der Waals surface area (Å²) in [4.78, 5) is 14.9. The molecule has 158 valence electrons. The molecule has 0 aliphatic heterocycles. The highest BCUT2D eigenvalue weighted by Crippen LogP contribution is 2.67. The summed E-state index contributed by atoms with van der Waals surface area (Å²) < 4.78 is 0. The molecular formula is C26H36O2S. The molecule has 4 aliphatic carbocycles. The molecule has 0 heterocycles. The third kappa shape index (κ3) is 2.97. The van der Waals surface area contributed by atoms with Gasteiger partial charge in [-0.05, 0) is 92.1 Å². The molecule has 1 N–H and O–H groups in total. The maximum atomic E-state index is 13.7. The summed E-state index contributed by atoms with van der Waals surface area (Å²) in [7, 11) is 0. The fourth-order valence-electron chi connectivity index (χ4n) is 8.30. The van der Waals surface area contributed by atoms with E-state index in [-0.39, 0.29) is 16.8 Å². The molecule has 29 heavy (non-hydrogen) atoms. The van der Waals surface area contributed by atoms with Crippen molar-refractivity contribution < 1.29 is 9.90 Å². The maximum absolute atomic E-state index is 13.7. The Hall–Kier alpha value is -0.800. The third-order valence-electron chi connectivity index (χ3n) is 9.76. The largest absolute Gasteiger partial charge is 0.393 e. The van der Waals surface area contributed by atoms with Gasteiger partial charge in [0.15, 0.2) is 5.78 Å². The summed E-state index contributed by atoms with van der Waals surface area (Å²) in [6.45, 7) is 7.20. The monoisotopic (exact) mass is 412 g/mol. The van der Waals surface area contributed by atoms with Gasteiger partial charge in [0.1, 0.15) is 0 Å². The first-order chi connectivity index (χ1) is 13.8. The fraction of sp³-hybridized carbons (Fsp3) is 0.731. The Labute approximate surface area is 180 Å². The summed E-state index contributed by atoms with van der Waals surface area (Å²) in [6.07, 6.45) is 7.85. The van der Waals surface area contributed by atoms with E-state index in [4.69, 9.17) is 0 Å². The summed E-state index contributed by atoms with van der Waals surface area (Å²) in [5.74, 6) is 3.60. The lowest BCUT2D eigenvalue weighted by molar-refractivity contribution is -0.144. The number of benzene rings is 1. The highest BCUT2D eigenvalue weighted by molar-refractivity contribution is 8.00. The van der Waals surface area contributed by atoms with Gasteiger partial charge < -0.3 is 5.11 Å². The SMILES string of the molecule is CC1C(Sc2ccccc2)C(=O)C2(C)CCC3C(CCC4CC(O)CCC43C)C12. The summed E-state index contributed by atoms with van der Waals surface area (Å²) in [5, 5.41) is 10.4. The van der Waals surface area contributed by atoms with Crippen LogP contribution >= 0.6 is 11.8 Å². The molecule has 4 aliphatic rings. The molecule has 3 heteroatoms. The number of thioether (sulfide) groups is 1. The molecule has 1 aromatic carbocycles. The zero-order valence-corrected chi connectivity index (χ0v) is 19.0. The molecule has 4 saturated carbocycles. The van der Waals surface area contributed by atoms with Crippen LogP contribution in [0, 0.1) is 40.4 Å². The second-order valence-corrected chi connectivity index (χ2v) is 12.3. The number of Topliss-reactive ketones (excluding diaryl/α,β-unsaturated/α-hetero) is 1. The van der Waals surface area contributed by atoms with E-state index in [1.165, 1.54) is 30.6 Å². The normalized spacial score (nSPS) is 49.2. The lowest BCUT2D eigenvalue weighted by Crippen LogP contribution is -2.54. The second-order valence-electron chi connectivity index (χ2n) is 11.0. The van der Waals surface area contributed by atoms with Gasteiger partial charge in [0, 0.05) is 10.3 Å². The van der Waals surface area contributed by atoms with E-state index in [0.717, 1.165) is 25.2 Å². The Morgan fingerprint density at radius 3 is 2.55 bits per heavy atom. The average molecular weight is 413 g/mol. The lowest BCUT2D eigenvalue weighted by atomic mass is 9.44. The first-order valence-electron chi connectivity index (χ1n) is 11.8. The molecule has 5 rings (SSSR count). The van der Waals surface area contributed by atoms with Crippen molar-refractivity contribution in [3.8, 4) is 0 Å². The number of aliphatic hydroxyl groups is 1. The third-order valence-corrected chi connectivity index (χ3v) is 11.2. The molecule has 9 unspecified atom stereocenters. The molecule has 0 aromatic heterocycles. The van der Waals surface area contributed by atoms with Crippen LogP contribution in [0.3, 0.4) is 0 Å². The van der Waals surface area contributed by atoms with Gasteiger partial charge in [-0.1, -0.05) is 39.0 Å². The van der Waals surface area contributed by atoms with Crippen molar-refractivity contribution in [2.75, 3.05) is 0 Å². The van der Waals surface area contributed by atoms with Crippen LogP contribution in [0.2, 0.25) is 0 Å². The van der Waals surface area contributed by atoms with Crippen LogP contribution in [-0.2, 0) is 4.79 Å². The number of hydrogen-bond acceptors (Lipinski definition) is 3. The maximum Gasteiger partial charge on any atom is 0.152 e. The number of carbonyl (C=O) groups is 1. The number of hydrogen-bond donors (Lipinski definition) is 1. The smallest absolute Gasteiger partial charge is 0.152 e. The lowest BCUT2D eigenvalue weighted by Gasteiger charge is -2.60. The van der Waals surface area contributed by atoms with Crippen molar-refractivity contribution >= 4 is 17.5 Å². The Bertz CT molecular complexity index is 778. The zero-order chi connectivity index (χ0) is 20.4. The van der Waals surface area contributed by atoms with E-state index in [0.29, 0.717) is 34.9 Å². The second kappa shape index (κ2) is 7.12. The summed E-state index contributed by atoms with van der Waals surface area (Å²) in [6, 6.07) is 10.5. The number of ketones is 1. The van der Waals surface area contributed by atoms with Crippen molar-refractivity contribution in [2.24, 2.45) is 40.4 Å². The highest BCUT2D eigenvalue weighted by atomic mass is 32.2. The Morgan fingerprint density at radius 1 is 1.03 bits per heavy atom. The minimum atomic E-state index is -0.135. The topological polar surface area (TPSA) is 37.3 Å². The summed E-state index contributed by atoms with van der Waals surface area (Å²) >= 11 is 1.81. The van der Waals surface area contributed by atoms with E-state index in [1.807, 2.05) is 11.8 Å². The van der Waals surface area contributed by atoms with Crippen LogP contribution in [0.15, 0.2) is 35.2 Å². The van der Waals surface area contributed by atoms with E-state index < -0.39 is 0 Å². The Balaban J connectivity index is 1.44. The molecule has 0 bridgehead atoms. The highest BCUT2D eigenvalue weighted by Gasteiger charge is 2.64. The standard InChI is InChI=1S/C26H36O2S/c1-16-22-20-10-9-17-15-18(27)11-13-25(17,2)21(20)12-14-26(22,3)24(28)23(16)29-19-7-5-4-6-8-19/h4-8,16-18,20-23,27H,9-15H2,1-3H3. The van der Waals surface area contributed by atoms with Crippen molar-refractivity contribution in [1.29, 1.82) is 0 Å². The Kier molecular flexibility index (Phi) is 4.94. The molecule has 0 saturated heterocycles. The van der Waals surface area contributed by atoms with Gasteiger partial charge >= 0.3 is 0 Å². The number of fused-ring (bicyclic) bond motifs is 5. The molecule has 9 atom stereocenters. The van der Waals surface area contributed by atoms with Gasteiger partial charge in [-0.25, -0.2) is 0 Å². The molecule has 1 aromatic rings. The van der Waals surface area contributed by atoms with Gasteiger partial charge in [0.05, 0.1) is 11.4 Å². The van der Waals surface area contributed by atoms with Crippen molar-refractivity contribution in [3.63, 3.8) is 0 Å². The van der Waals surface area contributed by atoms with Crippen LogP contribution in [0.5, 0.6) is 0 Å². The number of rotatable bonds is 2. The number of carbonyl (C=O) groups excluding carboxylic acids is 1.